The number of rotatable bonds is 8. The molecule has 1 aliphatic rings. The van der Waals surface area contributed by atoms with E-state index in [1.165, 1.54) is 18.0 Å². The van der Waals surface area contributed by atoms with Gasteiger partial charge in [-0.25, -0.2) is 15.0 Å². The van der Waals surface area contributed by atoms with Crippen LogP contribution in [0.2, 0.25) is 0 Å². The molecule has 4 rings (SSSR count). The van der Waals surface area contributed by atoms with E-state index in [2.05, 4.69) is 55.8 Å². The molecule has 1 N–H and O–H groups in total. The first kappa shape index (κ1) is 21.9. The molecule has 0 bridgehead atoms. The number of pyridine rings is 1. The van der Waals surface area contributed by atoms with Crippen molar-refractivity contribution < 1.29 is 9.13 Å². The monoisotopic (exact) mass is 434 g/mol. The Hall–Kier alpha value is -3.36. The van der Waals surface area contributed by atoms with Crippen molar-refractivity contribution >= 4 is 17.3 Å². The number of piperazine rings is 1. The Morgan fingerprint density at radius 3 is 2.69 bits per heavy atom. The molecule has 166 valence electrons. The Bertz CT molecular complexity index is 1070. The van der Waals surface area contributed by atoms with Gasteiger partial charge in [-0.05, 0) is 37.4 Å². The SMILES string of the molecule is C=CCOCc1cc(Nc2nccc(-c3ccnc(F)c3)n2)ccc1N1CCN(C)CC1. The third-order valence-electron chi connectivity index (χ3n) is 5.35. The number of hydrogen-bond acceptors (Lipinski definition) is 7. The lowest BCUT2D eigenvalue weighted by atomic mass is 10.1. The minimum Gasteiger partial charge on any atom is -0.373 e. The highest BCUT2D eigenvalue weighted by Crippen LogP contribution is 2.28. The predicted octanol–water partition coefficient (Wildman–Crippen LogP) is 3.88. The van der Waals surface area contributed by atoms with Gasteiger partial charge in [0.05, 0.1) is 18.9 Å². The first-order valence-electron chi connectivity index (χ1n) is 10.6. The summed E-state index contributed by atoms with van der Waals surface area (Å²) in [6, 6.07) is 11.0. The summed E-state index contributed by atoms with van der Waals surface area (Å²) in [5.41, 5.74) is 4.39. The van der Waals surface area contributed by atoms with Crippen molar-refractivity contribution in [2.24, 2.45) is 0 Å². The topological polar surface area (TPSA) is 66.4 Å². The van der Waals surface area contributed by atoms with Crippen molar-refractivity contribution in [1.29, 1.82) is 0 Å². The van der Waals surface area contributed by atoms with Gasteiger partial charge in [-0.3, -0.25) is 0 Å². The summed E-state index contributed by atoms with van der Waals surface area (Å²) < 4.78 is 19.2. The number of halogens is 1. The molecule has 3 aromatic rings. The molecule has 1 fully saturated rings. The molecule has 1 saturated heterocycles. The van der Waals surface area contributed by atoms with Gasteiger partial charge in [0.15, 0.2) is 0 Å². The van der Waals surface area contributed by atoms with E-state index in [1.54, 1.807) is 24.4 Å². The van der Waals surface area contributed by atoms with Gasteiger partial charge in [0.1, 0.15) is 0 Å². The van der Waals surface area contributed by atoms with Crippen LogP contribution in [0.5, 0.6) is 0 Å². The number of benzene rings is 1. The molecule has 0 spiro atoms. The molecule has 0 amide bonds. The summed E-state index contributed by atoms with van der Waals surface area (Å²) in [4.78, 5) is 17.2. The van der Waals surface area contributed by atoms with E-state index in [9.17, 15) is 4.39 Å². The van der Waals surface area contributed by atoms with Crippen molar-refractivity contribution in [1.82, 2.24) is 19.9 Å². The van der Waals surface area contributed by atoms with Crippen LogP contribution in [0.3, 0.4) is 0 Å². The summed E-state index contributed by atoms with van der Waals surface area (Å²) >= 11 is 0. The minimum atomic E-state index is -0.542. The van der Waals surface area contributed by atoms with Crippen molar-refractivity contribution in [3.63, 3.8) is 0 Å². The third kappa shape index (κ3) is 5.46. The van der Waals surface area contributed by atoms with Gasteiger partial charge in [0.25, 0.3) is 0 Å². The van der Waals surface area contributed by atoms with Gasteiger partial charge >= 0.3 is 0 Å². The van der Waals surface area contributed by atoms with Crippen LogP contribution in [0.1, 0.15) is 5.56 Å². The lowest BCUT2D eigenvalue weighted by molar-refractivity contribution is 0.149. The van der Waals surface area contributed by atoms with Gasteiger partial charge in [-0.2, -0.15) is 4.39 Å². The molecule has 0 unspecified atom stereocenters. The zero-order valence-corrected chi connectivity index (χ0v) is 18.2. The molecule has 3 heterocycles. The summed E-state index contributed by atoms with van der Waals surface area (Å²) in [7, 11) is 2.15. The van der Waals surface area contributed by atoms with E-state index >= 15 is 0 Å². The second kappa shape index (κ2) is 10.3. The number of nitrogens with one attached hydrogen (secondary N) is 1. The Labute approximate surface area is 187 Å². The van der Waals surface area contributed by atoms with Crippen LogP contribution in [-0.2, 0) is 11.3 Å². The molecule has 8 heteroatoms. The standard InChI is InChI=1S/C24H27FN6O/c1-3-14-32-17-19-15-20(4-5-22(19)31-12-10-30(2)11-13-31)28-24-27-9-7-21(29-24)18-6-8-26-23(25)16-18/h3-9,15-16H,1,10-14,17H2,2H3,(H,27,28,29). The third-order valence-corrected chi connectivity index (χ3v) is 5.35. The highest BCUT2D eigenvalue weighted by molar-refractivity contribution is 5.65. The van der Waals surface area contributed by atoms with E-state index in [4.69, 9.17) is 4.74 Å². The summed E-state index contributed by atoms with van der Waals surface area (Å²) in [5, 5.41) is 3.26. The maximum atomic E-state index is 13.5. The van der Waals surface area contributed by atoms with Gasteiger partial charge in [-0.15, -0.1) is 6.58 Å². The number of nitrogens with zero attached hydrogens (tertiary/aromatic N) is 5. The number of aromatic nitrogens is 3. The fraction of sp³-hybridized carbons (Fsp3) is 0.292. The van der Waals surface area contributed by atoms with Gasteiger partial charge in [0.2, 0.25) is 11.9 Å². The average molecular weight is 435 g/mol. The first-order chi connectivity index (χ1) is 15.6. The van der Waals surface area contributed by atoms with Crippen LogP contribution in [0.15, 0.2) is 61.4 Å². The van der Waals surface area contributed by atoms with Crippen LogP contribution < -0.4 is 10.2 Å². The molecule has 1 aliphatic heterocycles. The fourth-order valence-corrected chi connectivity index (χ4v) is 3.66. The van der Waals surface area contributed by atoms with Crippen molar-refractivity contribution in [2.45, 2.75) is 6.61 Å². The second-order valence-electron chi connectivity index (χ2n) is 7.70. The summed E-state index contributed by atoms with van der Waals surface area (Å²) in [6.07, 6.45) is 4.82. The molecule has 0 atom stereocenters. The lowest BCUT2D eigenvalue weighted by Crippen LogP contribution is -2.44. The highest BCUT2D eigenvalue weighted by Gasteiger charge is 2.17. The van der Waals surface area contributed by atoms with Crippen LogP contribution in [0, 0.1) is 5.95 Å². The fourth-order valence-electron chi connectivity index (χ4n) is 3.66. The van der Waals surface area contributed by atoms with E-state index in [0.717, 1.165) is 37.4 Å². The largest absolute Gasteiger partial charge is 0.373 e. The molecular weight excluding hydrogens is 407 g/mol. The van der Waals surface area contributed by atoms with Gasteiger partial charge in [0, 0.05) is 67.1 Å². The quantitative estimate of drug-likeness (QED) is 0.328. The number of ether oxygens (including phenoxy) is 1. The molecule has 0 radical (unpaired) electrons. The van der Waals surface area contributed by atoms with Crippen LogP contribution >= 0.6 is 0 Å². The molecule has 0 aliphatic carbocycles. The molecule has 2 aromatic heterocycles. The van der Waals surface area contributed by atoms with E-state index in [1.807, 2.05) is 6.07 Å². The number of likely N-dealkylation sites (N-methyl/N-ethyl adjacent to an activating group) is 1. The zero-order chi connectivity index (χ0) is 22.3. The minimum absolute atomic E-state index is 0.435. The van der Waals surface area contributed by atoms with Crippen molar-refractivity contribution in [2.75, 3.05) is 50.1 Å². The molecule has 1 aromatic carbocycles. The molecule has 0 saturated carbocycles. The van der Waals surface area contributed by atoms with E-state index in [-0.39, 0.29) is 0 Å². The predicted molar refractivity (Wildman–Crippen MR) is 125 cm³/mol. The highest BCUT2D eigenvalue weighted by atomic mass is 19.1. The number of hydrogen-bond donors (Lipinski definition) is 1. The Morgan fingerprint density at radius 1 is 1.09 bits per heavy atom. The summed E-state index contributed by atoms with van der Waals surface area (Å²) in [6.45, 7) is 8.72. The number of anilines is 3. The normalized spacial score (nSPS) is 14.4. The second-order valence-corrected chi connectivity index (χ2v) is 7.70. The first-order valence-corrected chi connectivity index (χ1v) is 10.6. The van der Waals surface area contributed by atoms with Crippen molar-refractivity contribution in [3.8, 4) is 11.3 Å². The smallest absolute Gasteiger partial charge is 0.227 e. The van der Waals surface area contributed by atoms with Gasteiger partial charge < -0.3 is 19.9 Å². The molecular formula is C24H27FN6O. The zero-order valence-electron chi connectivity index (χ0n) is 18.2. The van der Waals surface area contributed by atoms with E-state index in [0.29, 0.717) is 30.4 Å². The van der Waals surface area contributed by atoms with Crippen molar-refractivity contribution in [3.05, 3.63) is 73.0 Å². The van der Waals surface area contributed by atoms with E-state index < -0.39 is 5.95 Å². The Balaban J connectivity index is 1.56. The Morgan fingerprint density at radius 2 is 1.91 bits per heavy atom. The molecule has 32 heavy (non-hydrogen) atoms. The molecule has 7 nitrogen and oxygen atoms in total. The summed E-state index contributed by atoms with van der Waals surface area (Å²) in [5.74, 6) is -0.107. The average Bonchev–Trinajstić information content (AvgIpc) is 2.80. The lowest BCUT2D eigenvalue weighted by Gasteiger charge is -2.35. The van der Waals surface area contributed by atoms with Gasteiger partial charge in [-0.1, -0.05) is 6.08 Å². The van der Waals surface area contributed by atoms with Crippen LogP contribution in [-0.4, -0.2) is 59.7 Å². The van der Waals surface area contributed by atoms with Crippen LogP contribution in [0.4, 0.5) is 21.7 Å². The Kier molecular flexibility index (Phi) is 7.03. The maximum Gasteiger partial charge on any atom is 0.227 e. The van der Waals surface area contributed by atoms with Crippen LogP contribution in [0.25, 0.3) is 11.3 Å². The maximum absolute atomic E-state index is 13.5.